The van der Waals surface area contributed by atoms with Crippen molar-refractivity contribution in [2.24, 2.45) is 17.1 Å². The van der Waals surface area contributed by atoms with Gasteiger partial charge in [-0.1, -0.05) is 13.8 Å². The summed E-state index contributed by atoms with van der Waals surface area (Å²) >= 11 is 0. The minimum atomic E-state index is -0.126. The summed E-state index contributed by atoms with van der Waals surface area (Å²) in [6, 6.07) is 0. The highest BCUT2D eigenvalue weighted by atomic mass is 16.1. The maximum atomic E-state index is 10.9. The van der Waals surface area contributed by atoms with Crippen molar-refractivity contribution in [1.82, 2.24) is 0 Å². The first-order valence-electron chi connectivity index (χ1n) is 3.90. The first-order valence-corrected chi connectivity index (χ1v) is 3.90. The normalized spacial score (nSPS) is 38.8. The second kappa shape index (κ2) is 2.26. The molecule has 1 amide bonds. The summed E-state index contributed by atoms with van der Waals surface area (Å²) in [5.74, 6) is 0.598. The fourth-order valence-electron chi connectivity index (χ4n) is 1.94. The molecule has 1 fully saturated rings. The van der Waals surface area contributed by atoms with E-state index in [1.54, 1.807) is 0 Å². The van der Waals surface area contributed by atoms with Crippen LogP contribution >= 0.6 is 0 Å². The van der Waals surface area contributed by atoms with E-state index >= 15 is 0 Å². The van der Waals surface area contributed by atoms with Crippen molar-refractivity contribution >= 4 is 5.91 Å². The lowest BCUT2D eigenvalue weighted by atomic mass is 9.61. The molecule has 0 unspecified atom stereocenters. The van der Waals surface area contributed by atoms with Gasteiger partial charge in [-0.05, 0) is 25.2 Å². The third-order valence-corrected chi connectivity index (χ3v) is 2.68. The highest BCUT2D eigenvalue weighted by Gasteiger charge is 2.45. The van der Waals surface area contributed by atoms with Gasteiger partial charge in [-0.25, -0.2) is 0 Å². The van der Waals surface area contributed by atoms with Crippen LogP contribution in [0.2, 0.25) is 0 Å². The van der Waals surface area contributed by atoms with Crippen LogP contribution in [0.3, 0.4) is 0 Å². The van der Waals surface area contributed by atoms with Gasteiger partial charge in [-0.3, -0.25) is 4.79 Å². The highest BCUT2D eigenvalue weighted by Crippen LogP contribution is 2.47. The molecule has 0 spiro atoms. The van der Waals surface area contributed by atoms with E-state index in [0.29, 0.717) is 5.92 Å². The van der Waals surface area contributed by atoms with Gasteiger partial charge in [0.2, 0.25) is 5.91 Å². The van der Waals surface area contributed by atoms with Crippen molar-refractivity contribution in [1.29, 1.82) is 0 Å². The average Bonchev–Trinajstić information content (AvgIpc) is 1.79. The molecular weight excluding hydrogens is 126 g/mol. The van der Waals surface area contributed by atoms with Gasteiger partial charge in [0, 0.05) is 5.41 Å². The van der Waals surface area contributed by atoms with Crippen LogP contribution in [0.4, 0.5) is 0 Å². The molecule has 2 heteroatoms. The van der Waals surface area contributed by atoms with Crippen molar-refractivity contribution in [2.45, 2.75) is 33.1 Å². The molecule has 0 aromatic carbocycles. The van der Waals surface area contributed by atoms with Gasteiger partial charge < -0.3 is 5.73 Å². The summed E-state index contributed by atoms with van der Waals surface area (Å²) in [7, 11) is 0. The lowest BCUT2D eigenvalue weighted by molar-refractivity contribution is -0.135. The van der Waals surface area contributed by atoms with Gasteiger partial charge in [-0.2, -0.15) is 0 Å². The Balaban J connectivity index is 2.56. The first-order chi connectivity index (χ1) is 4.60. The third-order valence-electron chi connectivity index (χ3n) is 2.68. The van der Waals surface area contributed by atoms with Gasteiger partial charge in [0.15, 0.2) is 0 Å². The minimum Gasteiger partial charge on any atom is -0.369 e. The standard InChI is InChI=1S/C8H15NO/c1-3-8(7(9)10)4-6(2)5-8/h6H,3-5H2,1-2H3,(H2,9,10)/t6-,8-. The summed E-state index contributed by atoms with van der Waals surface area (Å²) in [5, 5.41) is 0. The summed E-state index contributed by atoms with van der Waals surface area (Å²) in [6.45, 7) is 4.20. The molecular formula is C8H15NO. The van der Waals surface area contributed by atoms with Crippen molar-refractivity contribution in [3.8, 4) is 0 Å². The first kappa shape index (κ1) is 7.58. The Morgan fingerprint density at radius 3 is 2.30 bits per heavy atom. The molecule has 2 N–H and O–H groups in total. The number of amides is 1. The van der Waals surface area contributed by atoms with Crippen LogP contribution in [0.1, 0.15) is 33.1 Å². The van der Waals surface area contributed by atoms with Crippen LogP contribution in [-0.2, 0) is 4.79 Å². The zero-order valence-electron chi connectivity index (χ0n) is 6.68. The fraction of sp³-hybridized carbons (Fsp3) is 0.875. The van der Waals surface area contributed by atoms with Crippen LogP contribution in [-0.4, -0.2) is 5.91 Å². The van der Waals surface area contributed by atoms with Crippen LogP contribution in [0, 0.1) is 11.3 Å². The summed E-state index contributed by atoms with van der Waals surface area (Å²) < 4.78 is 0. The van der Waals surface area contributed by atoms with Crippen molar-refractivity contribution in [3.63, 3.8) is 0 Å². The molecule has 0 saturated heterocycles. The van der Waals surface area contributed by atoms with Crippen LogP contribution in [0.15, 0.2) is 0 Å². The molecule has 0 atom stereocenters. The predicted molar refractivity (Wildman–Crippen MR) is 40.3 cm³/mol. The topological polar surface area (TPSA) is 43.1 Å². The Labute approximate surface area is 61.8 Å². The third kappa shape index (κ3) is 0.917. The van der Waals surface area contributed by atoms with Gasteiger partial charge in [0.1, 0.15) is 0 Å². The maximum Gasteiger partial charge on any atom is 0.223 e. The molecule has 0 aromatic rings. The zero-order chi connectivity index (χ0) is 7.78. The van der Waals surface area contributed by atoms with Gasteiger partial charge in [0.25, 0.3) is 0 Å². The number of carbonyl (C=O) groups is 1. The Hall–Kier alpha value is -0.530. The monoisotopic (exact) mass is 141 g/mol. The molecule has 1 aliphatic carbocycles. The maximum absolute atomic E-state index is 10.9. The van der Waals surface area contributed by atoms with Crippen LogP contribution in [0.5, 0.6) is 0 Å². The van der Waals surface area contributed by atoms with E-state index < -0.39 is 0 Å². The molecule has 0 heterocycles. The SMILES string of the molecule is CC[C@]1(C(N)=O)C[C@H](C)C1. The Morgan fingerprint density at radius 2 is 2.20 bits per heavy atom. The largest absolute Gasteiger partial charge is 0.369 e. The van der Waals surface area contributed by atoms with Crippen LogP contribution in [0.25, 0.3) is 0 Å². The van der Waals surface area contributed by atoms with Crippen molar-refractivity contribution in [2.75, 3.05) is 0 Å². The number of nitrogens with two attached hydrogens (primary N) is 1. The van der Waals surface area contributed by atoms with Crippen molar-refractivity contribution < 1.29 is 4.79 Å². The molecule has 1 rings (SSSR count). The fourth-order valence-corrected chi connectivity index (χ4v) is 1.94. The van der Waals surface area contributed by atoms with E-state index in [4.69, 9.17) is 5.73 Å². The van der Waals surface area contributed by atoms with E-state index in [-0.39, 0.29) is 11.3 Å². The summed E-state index contributed by atoms with van der Waals surface area (Å²) in [5.41, 5.74) is 5.14. The number of carbonyl (C=O) groups excluding carboxylic acids is 1. The molecule has 1 aliphatic rings. The number of rotatable bonds is 2. The van der Waals surface area contributed by atoms with Gasteiger partial charge >= 0.3 is 0 Å². The van der Waals surface area contributed by atoms with E-state index in [0.717, 1.165) is 19.3 Å². The summed E-state index contributed by atoms with van der Waals surface area (Å²) in [4.78, 5) is 10.9. The Bertz CT molecular complexity index is 147. The Morgan fingerprint density at radius 1 is 1.70 bits per heavy atom. The lowest BCUT2D eigenvalue weighted by Crippen LogP contribution is -2.46. The van der Waals surface area contributed by atoms with Gasteiger partial charge in [-0.15, -0.1) is 0 Å². The predicted octanol–water partition coefficient (Wildman–Crippen LogP) is 1.30. The Kier molecular flexibility index (Phi) is 1.71. The van der Waals surface area contributed by atoms with Gasteiger partial charge in [0.05, 0.1) is 0 Å². The molecule has 0 radical (unpaired) electrons. The smallest absolute Gasteiger partial charge is 0.223 e. The number of primary amides is 1. The zero-order valence-corrected chi connectivity index (χ0v) is 6.68. The van der Waals surface area contributed by atoms with Crippen LogP contribution < -0.4 is 5.73 Å². The molecule has 10 heavy (non-hydrogen) atoms. The molecule has 58 valence electrons. The molecule has 0 aliphatic heterocycles. The number of hydrogen-bond donors (Lipinski definition) is 1. The van der Waals surface area contributed by atoms with E-state index in [1.807, 2.05) is 6.92 Å². The van der Waals surface area contributed by atoms with E-state index in [2.05, 4.69) is 6.92 Å². The second-order valence-corrected chi connectivity index (χ2v) is 3.51. The molecule has 0 bridgehead atoms. The minimum absolute atomic E-state index is 0.104. The molecule has 1 saturated carbocycles. The van der Waals surface area contributed by atoms with Crippen molar-refractivity contribution in [3.05, 3.63) is 0 Å². The van der Waals surface area contributed by atoms with E-state index in [1.165, 1.54) is 0 Å². The molecule has 2 nitrogen and oxygen atoms in total. The quantitative estimate of drug-likeness (QED) is 0.618. The van der Waals surface area contributed by atoms with E-state index in [9.17, 15) is 4.79 Å². The number of hydrogen-bond acceptors (Lipinski definition) is 1. The lowest BCUT2D eigenvalue weighted by Gasteiger charge is -2.43. The molecule has 0 aromatic heterocycles. The summed E-state index contributed by atoms with van der Waals surface area (Å²) in [6.07, 6.45) is 2.91. The second-order valence-electron chi connectivity index (χ2n) is 3.51. The highest BCUT2D eigenvalue weighted by molar-refractivity contribution is 5.81. The average molecular weight is 141 g/mol.